The lowest BCUT2D eigenvalue weighted by atomic mass is 10.2. The molecule has 0 saturated carbocycles. The number of nitrogens with one attached hydrogen (secondary N) is 1. The second kappa shape index (κ2) is 5.44. The molecule has 0 spiro atoms. The number of pyridine rings is 1. The Morgan fingerprint density at radius 3 is 2.63 bits per heavy atom. The normalized spacial score (nSPS) is 10.3. The SMILES string of the molecule is Cc1cc(C(=O)Nc2ncc(Br)cc2C)c(C)nn1. The van der Waals surface area contributed by atoms with Crippen LogP contribution in [0.1, 0.15) is 27.3 Å². The molecule has 19 heavy (non-hydrogen) atoms. The number of aromatic nitrogens is 3. The first kappa shape index (κ1) is 13.6. The van der Waals surface area contributed by atoms with E-state index in [9.17, 15) is 4.79 Å². The first-order chi connectivity index (χ1) is 8.97. The van der Waals surface area contributed by atoms with Crippen LogP contribution in [0.3, 0.4) is 0 Å². The van der Waals surface area contributed by atoms with E-state index in [2.05, 4.69) is 36.4 Å². The van der Waals surface area contributed by atoms with E-state index in [0.29, 0.717) is 22.8 Å². The van der Waals surface area contributed by atoms with Gasteiger partial charge in [-0.3, -0.25) is 4.79 Å². The molecule has 0 saturated heterocycles. The molecule has 2 rings (SSSR count). The molecule has 0 radical (unpaired) electrons. The quantitative estimate of drug-likeness (QED) is 0.923. The second-order valence-corrected chi connectivity index (χ2v) is 5.17. The van der Waals surface area contributed by atoms with E-state index < -0.39 is 0 Å². The average Bonchev–Trinajstić information content (AvgIpc) is 2.35. The van der Waals surface area contributed by atoms with Crippen molar-refractivity contribution in [1.82, 2.24) is 15.2 Å². The van der Waals surface area contributed by atoms with Crippen molar-refractivity contribution < 1.29 is 4.79 Å². The number of hydrogen-bond donors (Lipinski definition) is 1. The highest BCUT2D eigenvalue weighted by molar-refractivity contribution is 9.10. The van der Waals surface area contributed by atoms with E-state index in [1.807, 2.05) is 13.0 Å². The van der Waals surface area contributed by atoms with Crippen LogP contribution in [0.15, 0.2) is 22.8 Å². The Bertz CT molecular complexity index is 643. The van der Waals surface area contributed by atoms with Gasteiger partial charge in [0.2, 0.25) is 0 Å². The van der Waals surface area contributed by atoms with Crippen molar-refractivity contribution in [3.05, 3.63) is 45.3 Å². The number of aryl methyl sites for hydroxylation is 3. The third kappa shape index (κ3) is 3.14. The molecule has 98 valence electrons. The lowest BCUT2D eigenvalue weighted by molar-refractivity contribution is 0.102. The molecule has 0 aliphatic carbocycles. The number of carbonyl (C=O) groups excluding carboxylic acids is 1. The van der Waals surface area contributed by atoms with Crippen LogP contribution in [0.5, 0.6) is 0 Å². The van der Waals surface area contributed by atoms with Gasteiger partial charge in [-0.25, -0.2) is 4.98 Å². The van der Waals surface area contributed by atoms with Gasteiger partial charge >= 0.3 is 0 Å². The Labute approximate surface area is 119 Å². The summed E-state index contributed by atoms with van der Waals surface area (Å²) in [7, 11) is 0. The van der Waals surface area contributed by atoms with Gasteiger partial charge in [0.1, 0.15) is 5.82 Å². The predicted molar refractivity (Wildman–Crippen MR) is 76.1 cm³/mol. The second-order valence-electron chi connectivity index (χ2n) is 4.26. The van der Waals surface area contributed by atoms with Crippen molar-refractivity contribution in [2.45, 2.75) is 20.8 Å². The van der Waals surface area contributed by atoms with Gasteiger partial charge in [0.25, 0.3) is 5.91 Å². The van der Waals surface area contributed by atoms with Gasteiger partial charge in [-0.15, -0.1) is 0 Å². The highest BCUT2D eigenvalue weighted by atomic mass is 79.9. The summed E-state index contributed by atoms with van der Waals surface area (Å²) in [6.07, 6.45) is 1.64. The Hall–Kier alpha value is -1.82. The summed E-state index contributed by atoms with van der Waals surface area (Å²) in [5.74, 6) is 0.315. The average molecular weight is 321 g/mol. The molecule has 0 bridgehead atoms. The van der Waals surface area contributed by atoms with Crippen LogP contribution < -0.4 is 5.32 Å². The number of carbonyl (C=O) groups is 1. The van der Waals surface area contributed by atoms with E-state index in [4.69, 9.17) is 0 Å². The van der Waals surface area contributed by atoms with E-state index in [-0.39, 0.29) is 5.91 Å². The molecular formula is C13H13BrN4O. The summed E-state index contributed by atoms with van der Waals surface area (Å²) >= 11 is 3.34. The van der Waals surface area contributed by atoms with Crippen LogP contribution in [-0.4, -0.2) is 21.1 Å². The molecule has 0 aromatic carbocycles. The minimum Gasteiger partial charge on any atom is -0.306 e. The highest BCUT2D eigenvalue weighted by Gasteiger charge is 2.13. The molecule has 1 N–H and O–H groups in total. The van der Waals surface area contributed by atoms with Gasteiger partial charge in [0.05, 0.1) is 17.0 Å². The molecule has 0 unspecified atom stereocenters. The maximum atomic E-state index is 12.2. The molecule has 2 aromatic heterocycles. The summed E-state index contributed by atoms with van der Waals surface area (Å²) in [5, 5.41) is 10.6. The minimum absolute atomic E-state index is 0.228. The summed E-state index contributed by atoms with van der Waals surface area (Å²) in [5.41, 5.74) is 2.70. The zero-order valence-electron chi connectivity index (χ0n) is 10.9. The van der Waals surface area contributed by atoms with E-state index in [0.717, 1.165) is 10.0 Å². The lowest BCUT2D eigenvalue weighted by Gasteiger charge is -2.09. The van der Waals surface area contributed by atoms with Crippen LogP contribution in [0, 0.1) is 20.8 Å². The fraction of sp³-hybridized carbons (Fsp3) is 0.231. The molecule has 2 heterocycles. The van der Waals surface area contributed by atoms with Crippen molar-refractivity contribution in [3.8, 4) is 0 Å². The monoisotopic (exact) mass is 320 g/mol. The summed E-state index contributed by atoms with van der Waals surface area (Å²) < 4.78 is 0.876. The van der Waals surface area contributed by atoms with Crippen LogP contribution in [0.25, 0.3) is 0 Å². The van der Waals surface area contributed by atoms with Crippen LogP contribution in [-0.2, 0) is 0 Å². The van der Waals surface area contributed by atoms with E-state index in [1.54, 1.807) is 26.1 Å². The van der Waals surface area contributed by atoms with Crippen molar-refractivity contribution in [1.29, 1.82) is 0 Å². The number of anilines is 1. The molecule has 1 amide bonds. The van der Waals surface area contributed by atoms with Gasteiger partial charge in [-0.2, -0.15) is 10.2 Å². The molecule has 0 fully saturated rings. The van der Waals surface area contributed by atoms with E-state index >= 15 is 0 Å². The largest absolute Gasteiger partial charge is 0.306 e. The zero-order valence-corrected chi connectivity index (χ0v) is 12.4. The fourth-order valence-electron chi connectivity index (χ4n) is 1.63. The Balaban J connectivity index is 2.28. The maximum absolute atomic E-state index is 12.2. The first-order valence-electron chi connectivity index (χ1n) is 5.72. The molecule has 2 aromatic rings. The van der Waals surface area contributed by atoms with Crippen molar-refractivity contribution in [3.63, 3.8) is 0 Å². The Morgan fingerprint density at radius 1 is 1.21 bits per heavy atom. The van der Waals surface area contributed by atoms with Gasteiger partial charge in [-0.05, 0) is 54.4 Å². The first-order valence-corrected chi connectivity index (χ1v) is 6.51. The summed E-state index contributed by atoms with van der Waals surface area (Å²) in [6, 6.07) is 3.61. The van der Waals surface area contributed by atoms with Crippen LogP contribution in [0.2, 0.25) is 0 Å². The minimum atomic E-state index is -0.228. The number of hydrogen-bond acceptors (Lipinski definition) is 4. The molecule has 0 aliphatic heterocycles. The molecular weight excluding hydrogens is 308 g/mol. The fourth-order valence-corrected chi connectivity index (χ4v) is 2.07. The number of nitrogens with zero attached hydrogens (tertiary/aromatic N) is 3. The predicted octanol–water partition coefficient (Wildman–Crippen LogP) is 2.81. The Morgan fingerprint density at radius 2 is 1.95 bits per heavy atom. The number of rotatable bonds is 2. The lowest BCUT2D eigenvalue weighted by Crippen LogP contribution is -2.16. The number of amides is 1. The highest BCUT2D eigenvalue weighted by Crippen LogP contribution is 2.18. The smallest absolute Gasteiger partial charge is 0.258 e. The maximum Gasteiger partial charge on any atom is 0.258 e. The van der Waals surface area contributed by atoms with Gasteiger partial charge in [0.15, 0.2) is 0 Å². The van der Waals surface area contributed by atoms with Crippen molar-refractivity contribution in [2.75, 3.05) is 5.32 Å². The molecule has 6 heteroatoms. The zero-order chi connectivity index (χ0) is 14.0. The molecule has 0 atom stereocenters. The summed E-state index contributed by atoms with van der Waals surface area (Å²) in [6.45, 7) is 5.44. The van der Waals surface area contributed by atoms with Gasteiger partial charge in [-0.1, -0.05) is 0 Å². The van der Waals surface area contributed by atoms with Gasteiger partial charge < -0.3 is 5.32 Å². The number of halogens is 1. The van der Waals surface area contributed by atoms with Gasteiger partial charge in [0, 0.05) is 10.7 Å². The third-order valence-electron chi connectivity index (χ3n) is 2.62. The van der Waals surface area contributed by atoms with Crippen molar-refractivity contribution in [2.24, 2.45) is 0 Å². The topological polar surface area (TPSA) is 67.8 Å². The van der Waals surface area contributed by atoms with Crippen LogP contribution in [0.4, 0.5) is 5.82 Å². The van der Waals surface area contributed by atoms with Crippen molar-refractivity contribution >= 4 is 27.7 Å². The Kier molecular flexibility index (Phi) is 3.90. The molecule has 0 aliphatic rings. The molecule has 5 nitrogen and oxygen atoms in total. The summed E-state index contributed by atoms with van der Waals surface area (Å²) in [4.78, 5) is 16.4. The van der Waals surface area contributed by atoms with E-state index in [1.165, 1.54) is 0 Å². The third-order valence-corrected chi connectivity index (χ3v) is 3.06. The standard InChI is InChI=1S/C13H13BrN4O/c1-7-4-10(14)6-15-12(7)16-13(19)11-5-8(2)17-18-9(11)3/h4-6H,1-3H3,(H,15,16,19). The van der Waals surface area contributed by atoms with Crippen LogP contribution >= 0.6 is 15.9 Å².